The highest BCUT2D eigenvalue weighted by Crippen LogP contribution is 2.48. The van der Waals surface area contributed by atoms with Gasteiger partial charge in [-0.2, -0.15) is 42.5 Å². The second-order valence-electron chi connectivity index (χ2n) is 27.9. The molecular formula is C69H88N8O4S5. The molecule has 4 aromatic carbocycles. The number of nitrogens with one attached hydrogen (secondary N) is 2. The fourth-order valence-corrected chi connectivity index (χ4v) is 14.9. The minimum Gasteiger partial charge on any atom is -0.323 e. The van der Waals surface area contributed by atoms with E-state index in [1.54, 1.807) is 108 Å². The number of hydrogen-bond acceptors (Lipinski definition) is 17. The van der Waals surface area contributed by atoms with Gasteiger partial charge in [0.15, 0.2) is 43.8 Å². The van der Waals surface area contributed by atoms with E-state index >= 15 is 19.2 Å². The van der Waals surface area contributed by atoms with Crippen molar-refractivity contribution in [2.24, 2.45) is 16.2 Å². The Morgan fingerprint density at radius 2 is 0.616 bits per heavy atom. The van der Waals surface area contributed by atoms with E-state index in [1.807, 2.05) is 0 Å². The van der Waals surface area contributed by atoms with E-state index in [4.69, 9.17) is 29.9 Å². The molecular weight excluding hydrogens is 1170 g/mol. The van der Waals surface area contributed by atoms with Crippen LogP contribution in [-0.2, 0) is 0 Å². The van der Waals surface area contributed by atoms with Crippen LogP contribution in [0, 0.1) is 16.2 Å². The van der Waals surface area contributed by atoms with E-state index in [9.17, 15) is 0 Å². The van der Waals surface area contributed by atoms with Crippen molar-refractivity contribution in [3.63, 3.8) is 0 Å². The molecule has 2 heterocycles. The third-order valence-corrected chi connectivity index (χ3v) is 22.1. The van der Waals surface area contributed by atoms with Crippen molar-refractivity contribution in [1.29, 1.82) is 0 Å². The number of benzene rings is 4. The summed E-state index contributed by atoms with van der Waals surface area (Å²) < 4.78 is -0.957. The van der Waals surface area contributed by atoms with Crippen LogP contribution in [0.3, 0.4) is 0 Å². The Morgan fingerprint density at radius 3 is 0.884 bits per heavy atom. The monoisotopic (exact) mass is 1250 g/mol. The lowest BCUT2D eigenvalue weighted by molar-refractivity contribution is 0.0978. The summed E-state index contributed by atoms with van der Waals surface area (Å²) in [5.41, 5.74) is 3.11. The number of carbonyl (C=O) groups excluding carboxylic acids is 4. The van der Waals surface area contributed by atoms with Crippen molar-refractivity contribution in [1.82, 2.24) is 29.9 Å². The van der Waals surface area contributed by atoms with Gasteiger partial charge in [0.2, 0.25) is 11.9 Å². The molecule has 0 aliphatic heterocycles. The number of nitrogens with zero attached hydrogens (tertiary/aromatic N) is 6. The number of anilines is 4. The van der Waals surface area contributed by atoms with Crippen LogP contribution in [0.2, 0.25) is 0 Å². The molecule has 458 valence electrons. The fraction of sp³-hybridized carbons (Fsp3) is 0.507. The lowest BCUT2D eigenvalue weighted by atomic mass is 9.75. The van der Waals surface area contributed by atoms with E-state index in [0.29, 0.717) is 48.9 Å². The van der Waals surface area contributed by atoms with Gasteiger partial charge in [0, 0.05) is 52.4 Å². The third-order valence-electron chi connectivity index (χ3n) is 17.4. The van der Waals surface area contributed by atoms with Crippen LogP contribution in [0.5, 0.6) is 0 Å². The van der Waals surface area contributed by atoms with Crippen molar-refractivity contribution in [3.8, 4) is 11.1 Å². The van der Waals surface area contributed by atoms with Crippen molar-refractivity contribution >= 4 is 106 Å². The second kappa shape index (κ2) is 26.2. The molecule has 6 aromatic rings. The first-order chi connectivity index (χ1) is 40.2. The molecule has 0 spiro atoms. The van der Waals surface area contributed by atoms with Gasteiger partial charge in [0.05, 0.1) is 22.5 Å². The quantitative estimate of drug-likeness (QED) is 0.0328. The first-order valence-corrected chi connectivity index (χ1v) is 34.2. The smallest absolute Gasteiger partial charge is 0.232 e. The maximum Gasteiger partial charge on any atom is 0.232 e. The number of thiol groups is 1. The molecule has 12 nitrogen and oxygen atoms in total. The van der Waals surface area contributed by atoms with Crippen LogP contribution >= 0.6 is 59.7 Å². The topological polar surface area (TPSA) is 170 Å². The number of hydrogen-bond donors (Lipinski definition) is 3. The molecule has 2 N–H and O–H groups in total. The standard InChI is InChI=1S/C69H88N8O4S5/c1-18-63(4,5)33-36-66(10,11)83-59-72-57(73-60(76-59)84-67(12,13)37-34-64(6,7)19-2)70-47-31-29-41(49-51(47)55(80)45-27-23-21-25-43(45)53(49)78)42-30-32-48(52-50(42)54(79)44-26-22-24-28-46(44)56(52)81)71-58-74-61(77-62(75-58)86-69(16,17)39-40-82)85-68(14,15)38-35-65(8,9)20-3/h21-32,82H,18-20,33-40H2,1-17H3,(H,70,72,73,76)(H,71,74,75,77). The van der Waals surface area contributed by atoms with Crippen molar-refractivity contribution in [2.75, 3.05) is 16.4 Å². The maximum absolute atomic E-state index is 15.4. The molecule has 0 radical (unpaired) electrons. The Morgan fingerprint density at radius 1 is 0.349 bits per heavy atom. The molecule has 0 atom stereocenters. The predicted octanol–water partition coefficient (Wildman–Crippen LogP) is 19.2. The molecule has 2 aliphatic rings. The van der Waals surface area contributed by atoms with Gasteiger partial charge < -0.3 is 10.6 Å². The van der Waals surface area contributed by atoms with Crippen LogP contribution < -0.4 is 10.6 Å². The van der Waals surface area contributed by atoms with Crippen molar-refractivity contribution in [2.45, 2.75) is 222 Å². The SMILES string of the molecule is CCC(C)(C)CCC(C)(C)Sc1nc(Nc2ccc(-c3ccc(Nc4nc(SC(C)(C)CCC(C)(C)CC)nc(SC(C)(C)CCC(C)(C)CC)n4)c4c3C(=O)c3ccccc3C4=O)c3c2C(=O)c2ccccc2C3=O)nc(SC(C)(C)CCS)n1. The fourth-order valence-electron chi connectivity index (χ4n) is 10.2. The molecule has 8 rings (SSSR count). The summed E-state index contributed by atoms with van der Waals surface area (Å²) in [4.78, 5) is 91.4. The van der Waals surface area contributed by atoms with E-state index in [1.165, 1.54) is 11.8 Å². The van der Waals surface area contributed by atoms with Gasteiger partial charge in [-0.3, -0.25) is 19.2 Å². The Bertz CT molecular complexity index is 3520. The van der Waals surface area contributed by atoms with Crippen LogP contribution in [0.25, 0.3) is 11.1 Å². The van der Waals surface area contributed by atoms with E-state index in [2.05, 4.69) is 141 Å². The van der Waals surface area contributed by atoms with Gasteiger partial charge >= 0.3 is 0 Å². The summed E-state index contributed by atoms with van der Waals surface area (Å²) >= 11 is 10.9. The third kappa shape index (κ3) is 16.0. The lowest BCUT2D eigenvalue weighted by Crippen LogP contribution is -2.25. The average molecular weight is 1250 g/mol. The molecule has 2 aliphatic carbocycles. The highest BCUT2D eigenvalue weighted by atomic mass is 32.2. The first kappa shape index (κ1) is 66.9. The average Bonchev–Trinajstić information content (AvgIpc) is 1.12. The molecule has 0 unspecified atom stereocenters. The number of fused-ring (bicyclic) bond motifs is 4. The van der Waals surface area contributed by atoms with E-state index in [-0.39, 0.29) is 103 Å². The summed E-state index contributed by atoms with van der Waals surface area (Å²) in [6, 6.07) is 20.6. The van der Waals surface area contributed by atoms with E-state index < -0.39 is 11.6 Å². The predicted molar refractivity (Wildman–Crippen MR) is 363 cm³/mol. The van der Waals surface area contributed by atoms with Gasteiger partial charge in [-0.25, -0.2) is 0 Å². The van der Waals surface area contributed by atoms with Gasteiger partial charge in [-0.15, -0.1) is 0 Å². The summed E-state index contributed by atoms with van der Waals surface area (Å²) in [7, 11) is 0. The molecule has 86 heavy (non-hydrogen) atoms. The lowest BCUT2D eigenvalue weighted by Gasteiger charge is -2.30. The molecule has 0 bridgehead atoms. The Labute approximate surface area is 534 Å². The Balaban J connectivity index is 1.27. The zero-order valence-electron chi connectivity index (χ0n) is 53.6. The normalized spacial score (nSPS) is 14.0. The maximum atomic E-state index is 15.4. The van der Waals surface area contributed by atoms with E-state index in [0.717, 1.165) is 64.2 Å². The number of carbonyl (C=O) groups is 4. The first-order valence-electron chi connectivity index (χ1n) is 30.3. The molecule has 0 amide bonds. The minimum atomic E-state index is -0.407. The highest BCUT2D eigenvalue weighted by molar-refractivity contribution is 8.01. The van der Waals surface area contributed by atoms with Crippen molar-refractivity contribution in [3.05, 3.63) is 117 Å². The Kier molecular flexibility index (Phi) is 20.4. The molecule has 0 saturated heterocycles. The zero-order chi connectivity index (χ0) is 63.0. The summed E-state index contributed by atoms with van der Waals surface area (Å²) in [5.74, 6) is -0.465. The molecule has 2 aromatic heterocycles. The molecule has 0 saturated carbocycles. The van der Waals surface area contributed by atoms with Gasteiger partial charge in [0.25, 0.3) is 0 Å². The van der Waals surface area contributed by atoms with Crippen LogP contribution in [0.4, 0.5) is 23.3 Å². The van der Waals surface area contributed by atoms with Crippen LogP contribution in [0.1, 0.15) is 246 Å². The van der Waals surface area contributed by atoms with Crippen molar-refractivity contribution < 1.29 is 19.2 Å². The number of ketones is 4. The summed E-state index contributed by atoms with van der Waals surface area (Å²) in [5, 5.41) is 8.99. The Hall–Kier alpha value is -5.07. The summed E-state index contributed by atoms with van der Waals surface area (Å²) in [6.07, 6.45) is 9.86. The number of aromatic nitrogens is 6. The van der Waals surface area contributed by atoms with Gasteiger partial charge in [-0.05, 0) is 90.2 Å². The number of thioether (sulfide) groups is 4. The summed E-state index contributed by atoms with van der Waals surface area (Å²) in [6.45, 7) is 38.1. The molecule has 17 heteroatoms. The second-order valence-corrected chi connectivity index (χ2v) is 35.0. The highest BCUT2D eigenvalue weighted by Gasteiger charge is 2.40. The largest absolute Gasteiger partial charge is 0.323 e. The molecule has 0 fully saturated rings. The van der Waals surface area contributed by atoms with Crippen LogP contribution in [-0.4, -0.2) is 77.8 Å². The van der Waals surface area contributed by atoms with Gasteiger partial charge in [-0.1, -0.05) is 245 Å². The van der Waals surface area contributed by atoms with Crippen LogP contribution in [0.15, 0.2) is 93.4 Å². The zero-order valence-corrected chi connectivity index (χ0v) is 57.8. The minimum absolute atomic E-state index is 0.0873. The van der Waals surface area contributed by atoms with Gasteiger partial charge in [0.1, 0.15) is 0 Å². The number of rotatable bonds is 27.